The number of hydrogen-bond donors (Lipinski definition) is 0. The van der Waals surface area contributed by atoms with Gasteiger partial charge in [0.15, 0.2) is 0 Å². The van der Waals surface area contributed by atoms with Gasteiger partial charge in [-0.2, -0.15) is 11.3 Å². The molecule has 2 rings (SSSR count). The Hall–Kier alpha value is -0.670. The molecule has 0 amide bonds. The van der Waals surface area contributed by atoms with Gasteiger partial charge in [0.2, 0.25) is 0 Å². The normalized spacial score (nSPS) is 21.7. The third-order valence-electron chi connectivity index (χ3n) is 3.79. The van der Waals surface area contributed by atoms with Crippen molar-refractivity contribution in [2.24, 2.45) is 0 Å². The van der Waals surface area contributed by atoms with Gasteiger partial charge in [0.1, 0.15) is 5.78 Å². The molecule has 1 saturated heterocycles. The minimum atomic E-state index is 0.336. The number of hydrogen-bond acceptors (Lipinski definition) is 3. The molecule has 1 aliphatic rings. The molecule has 0 N–H and O–H groups in total. The van der Waals surface area contributed by atoms with E-state index < -0.39 is 0 Å². The highest BCUT2D eigenvalue weighted by Crippen LogP contribution is 2.20. The van der Waals surface area contributed by atoms with Crippen LogP contribution in [0.15, 0.2) is 16.8 Å². The van der Waals surface area contributed by atoms with E-state index in [1.54, 1.807) is 18.3 Å². The Morgan fingerprint density at radius 3 is 3.06 bits per heavy atom. The molecule has 0 aliphatic carbocycles. The second-order valence-electron chi connectivity index (χ2n) is 5.33. The molecule has 2 heterocycles. The molecule has 1 aromatic rings. The van der Waals surface area contributed by atoms with Gasteiger partial charge in [-0.25, -0.2) is 0 Å². The van der Waals surface area contributed by atoms with Crippen LogP contribution < -0.4 is 0 Å². The maximum atomic E-state index is 11.4. The van der Waals surface area contributed by atoms with Gasteiger partial charge in [0, 0.05) is 19.0 Å². The second kappa shape index (κ2) is 7.05. The highest BCUT2D eigenvalue weighted by Gasteiger charge is 2.21. The van der Waals surface area contributed by atoms with Crippen LogP contribution in [-0.4, -0.2) is 29.8 Å². The van der Waals surface area contributed by atoms with E-state index in [1.165, 1.54) is 37.8 Å². The van der Waals surface area contributed by atoms with Gasteiger partial charge >= 0.3 is 0 Å². The van der Waals surface area contributed by atoms with Gasteiger partial charge < -0.3 is 0 Å². The summed E-state index contributed by atoms with van der Waals surface area (Å²) in [7, 11) is 0. The third-order valence-corrected chi connectivity index (χ3v) is 4.52. The predicted octanol–water partition coefficient (Wildman–Crippen LogP) is 3.51. The number of rotatable bonds is 5. The zero-order valence-electron chi connectivity index (χ0n) is 11.2. The topological polar surface area (TPSA) is 20.3 Å². The van der Waals surface area contributed by atoms with Gasteiger partial charge in [0.05, 0.1) is 0 Å². The van der Waals surface area contributed by atoms with Crippen molar-refractivity contribution in [2.45, 2.75) is 51.5 Å². The summed E-state index contributed by atoms with van der Waals surface area (Å²) in [6, 6.07) is 2.70. The summed E-state index contributed by atoms with van der Waals surface area (Å²) in [5, 5.41) is 4.38. The Balaban J connectivity index is 1.90. The van der Waals surface area contributed by atoms with E-state index >= 15 is 0 Å². The molecule has 1 fully saturated rings. The van der Waals surface area contributed by atoms with Crippen molar-refractivity contribution in [2.75, 3.05) is 13.1 Å². The summed E-state index contributed by atoms with van der Waals surface area (Å²) in [6.45, 7) is 4.00. The average Bonchev–Trinajstić information content (AvgIpc) is 2.75. The molecule has 1 aliphatic heterocycles. The fourth-order valence-corrected chi connectivity index (χ4v) is 3.50. The maximum absolute atomic E-state index is 11.4. The van der Waals surface area contributed by atoms with Gasteiger partial charge in [-0.05, 0) is 55.1 Å². The van der Waals surface area contributed by atoms with E-state index in [0.29, 0.717) is 11.8 Å². The highest BCUT2D eigenvalue weighted by molar-refractivity contribution is 7.07. The number of likely N-dealkylation sites (tertiary alicyclic amines) is 1. The zero-order chi connectivity index (χ0) is 12.8. The van der Waals surface area contributed by atoms with Crippen molar-refractivity contribution in [1.82, 2.24) is 4.90 Å². The Morgan fingerprint density at radius 2 is 2.33 bits per heavy atom. The van der Waals surface area contributed by atoms with E-state index in [2.05, 4.69) is 21.7 Å². The first-order valence-corrected chi connectivity index (χ1v) is 7.94. The van der Waals surface area contributed by atoms with E-state index in [1.807, 2.05) is 0 Å². The maximum Gasteiger partial charge on any atom is 0.131 e. The SMILES string of the molecule is CC(=O)CC1CCCCCN1CCc1ccsc1. The third kappa shape index (κ3) is 4.21. The Bertz CT molecular complexity index is 361. The van der Waals surface area contributed by atoms with Crippen LogP contribution in [0.1, 0.15) is 44.6 Å². The lowest BCUT2D eigenvalue weighted by Crippen LogP contribution is -2.37. The van der Waals surface area contributed by atoms with E-state index in [4.69, 9.17) is 0 Å². The van der Waals surface area contributed by atoms with Gasteiger partial charge in [-0.1, -0.05) is 12.8 Å². The molecular weight excluding hydrogens is 242 g/mol. The quantitative estimate of drug-likeness (QED) is 0.812. The van der Waals surface area contributed by atoms with Crippen molar-refractivity contribution in [1.29, 1.82) is 0 Å². The fourth-order valence-electron chi connectivity index (χ4n) is 2.80. The van der Waals surface area contributed by atoms with Crippen LogP contribution in [0.5, 0.6) is 0 Å². The standard InChI is InChI=1S/C15H23NOS/c1-13(17)11-15-5-3-2-4-8-16(15)9-6-14-7-10-18-12-14/h7,10,12,15H,2-6,8-9,11H2,1H3. The van der Waals surface area contributed by atoms with Crippen LogP contribution in [0.3, 0.4) is 0 Å². The Morgan fingerprint density at radius 1 is 1.44 bits per heavy atom. The van der Waals surface area contributed by atoms with Gasteiger partial charge in [-0.15, -0.1) is 0 Å². The van der Waals surface area contributed by atoms with Gasteiger partial charge in [-0.3, -0.25) is 9.69 Å². The molecule has 1 unspecified atom stereocenters. The van der Waals surface area contributed by atoms with Crippen molar-refractivity contribution in [3.63, 3.8) is 0 Å². The summed E-state index contributed by atoms with van der Waals surface area (Å²) in [6.07, 6.45) is 6.96. The first-order valence-electron chi connectivity index (χ1n) is 7.00. The molecule has 0 aromatic carbocycles. The molecule has 100 valence electrons. The van der Waals surface area contributed by atoms with E-state index in [-0.39, 0.29) is 0 Å². The summed E-state index contributed by atoms with van der Waals surface area (Å²) in [5.74, 6) is 0.336. The largest absolute Gasteiger partial charge is 0.300 e. The average molecular weight is 265 g/mol. The molecule has 1 atom stereocenters. The molecule has 0 radical (unpaired) electrons. The molecule has 0 spiro atoms. The zero-order valence-corrected chi connectivity index (χ0v) is 12.0. The summed E-state index contributed by atoms with van der Waals surface area (Å²) in [4.78, 5) is 13.9. The monoisotopic (exact) mass is 265 g/mol. The molecular formula is C15H23NOS. The molecule has 3 heteroatoms. The van der Waals surface area contributed by atoms with Crippen LogP contribution in [0, 0.1) is 0 Å². The smallest absolute Gasteiger partial charge is 0.131 e. The van der Waals surface area contributed by atoms with Crippen LogP contribution >= 0.6 is 11.3 Å². The summed E-state index contributed by atoms with van der Waals surface area (Å²) < 4.78 is 0. The van der Waals surface area contributed by atoms with E-state index in [9.17, 15) is 4.79 Å². The lowest BCUT2D eigenvalue weighted by Gasteiger charge is -2.29. The summed E-state index contributed by atoms with van der Waals surface area (Å²) in [5.41, 5.74) is 1.44. The number of nitrogens with zero attached hydrogens (tertiary/aromatic N) is 1. The lowest BCUT2D eigenvalue weighted by molar-refractivity contribution is -0.118. The molecule has 0 saturated carbocycles. The van der Waals surface area contributed by atoms with Crippen LogP contribution in [0.4, 0.5) is 0 Å². The predicted molar refractivity (Wildman–Crippen MR) is 77.2 cm³/mol. The number of ketones is 1. The number of carbonyl (C=O) groups excluding carboxylic acids is 1. The van der Waals surface area contributed by atoms with Crippen molar-refractivity contribution >= 4 is 17.1 Å². The van der Waals surface area contributed by atoms with Crippen LogP contribution in [-0.2, 0) is 11.2 Å². The number of carbonyl (C=O) groups is 1. The number of thiophene rings is 1. The Labute approximate surface area is 114 Å². The fraction of sp³-hybridized carbons (Fsp3) is 0.667. The first kappa shape index (κ1) is 13.8. The van der Waals surface area contributed by atoms with Crippen molar-refractivity contribution < 1.29 is 4.79 Å². The first-order chi connectivity index (χ1) is 8.75. The molecule has 0 bridgehead atoms. The number of Topliss-reactive ketones (excluding diaryl/α,β-unsaturated/α-hetero) is 1. The lowest BCUT2D eigenvalue weighted by atomic mass is 10.0. The summed E-state index contributed by atoms with van der Waals surface area (Å²) >= 11 is 1.77. The molecule has 2 nitrogen and oxygen atoms in total. The molecule has 18 heavy (non-hydrogen) atoms. The van der Waals surface area contributed by atoms with E-state index in [0.717, 1.165) is 19.4 Å². The van der Waals surface area contributed by atoms with Gasteiger partial charge in [0.25, 0.3) is 0 Å². The van der Waals surface area contributed by atoms with Crippen LogP contribution in [0.25, 0.3) is 0 Å². The highest BCUT2D eigenvalue weighted by atomic mass is 32.1. The van der Waals surface area contributed by atoms with Crippen molar-refractivity contribution in [3.8, 4) is 0 Å². The minimum Gasteiger partial charge on any atom is -0.300 e. The molecule has 1 aromatic heterocycles. The van der Waals surface area contributed by atoms with Crippen LogP contribution in [0.2, 0.25) is 0 Å². The second-order valence-corrected chi connectivity index (χ2v) is 6.11. The van der Waals surface area contributed by atoms with Crippen molar-refractivity contribution in [3.05, 3.63) is 22.4 Å². The minimum absolute atomic E-state index is 0.336. The Kier molecular flexibility index (Phi) is 5.39.